The number of Topliss-reactive ketones (excluding diaryl/α,β-unsaturated/α-hetero) is 1. The molecule has 0 amide bonds. The van der Waals surface area contributed by atoms with Crippen LogP contribution in [0.25, 0.3) is 0 Å². The van der Waals surface area contributed by atoms with E-state index in [4.69, 9.17) is 39.5 Å². The molecule has 0 bridgehead atoms. The summed E-state index contributed by atoms with van der Waals surface area (Å²) in [5.74, 6) is -1.24. The van der Waals surface area contributed by atoms with Crippen LogP contribution < -0.4 is 0 Å². The molecule has 3 rings (SSSR count). The molecule has 0 aliphatic carbocycles. The van der Waals surface area contributed by atoms with E-state index in [-0.39, 0.29) is 26.5 Å². The van der Waals surface area contributed by atoms with Gasteiger partial charge in [-0.05, 0) is 13.8 Å². The van der Waals surface area contributed by atoms with Gasteiger partial charge in [-0.25, -0.2) is 9.78 Å². The van der Waals surface area contributed by atoms with Crippen LogP contribution in [0.15, 0.2) is 54.7 Å². The Bertz CT molecular complexity index is 1060. The van der Waals surface area contributed by atoms with Gasteiger partial charge in [-0.15, -0.1) is 0 Å². The molecule has 0 N–H and O–H groups in total. The van der Waals surface area contributed by atoms with E-state index in [2.05, 4.69) is 4.98 Å². The molecule has 0 unspecified atom stereocenters. The van der Waals surface area contributed by atoms with Crippen molar-refractivity contribution in [2.24, 2.45) is 0 Å². The Kier molecular flexibility index (Phi) is 6.58. The fraction of sp³-hybridized carbons (Fsp3) is 0.136. The van der Waals surface area contributed by atoms with E-state index in [1.54, 1.807) is 24.3 Å². The number of benzene rings is 2. The third-order valence-corrected chi connectivity index (χ3v) is 5.53. The van der Waals surface area contributed by atoms with Crippen molar-refractivity contribution in [2.45, 2.75) is 20.0 Å². The summed E-state index contributed by atoms with van der Waals surface area (Å²) in [5, 5.41) is -0.0272. The fourth-order valence-electron chi connectivity index (χ4n) is 2.63. The second kappa shape index (κ2) is 8.95. The zero-order chi connectivity index (χ0) is 21.1. The minimum absolute atomic E-state index is 0.00738. The van der Waals surface area contributed by atoms with Crippen molar-refractivity contribution >= 4 is 46.6 Å². The van der Waals surface area contributed by atoms with Crippen LogP contribution in [-0.2, 0) is 4.74 Å². The largest absolute Gasteiger partial charge is 0.444 e. The Morgan fingerprint density at radius 1 is 0.862 bits per heavy atom. The Morgan fingerprint density at radius 3 is 2.00 bits per heavy atom. The molecule has 29 heavy (non-hydrogen) atoms. The average molecular weight is 449 g/mol. The molecule has 0 radical (unpaired) electrons. The number of ether oxygens (including phenoxy) is 1. The molecule has 0 saturated carbocycles. The number of esters is 1. The minimum Gasteiger partial charge on any atom is -0.444 e. The number of carbonyl (C=O) groups is 2. The van der Waals surface area contributed by atoms with Gasteiger partial charge in [0.2, 0.25) is 5.78 Å². The number of nitrogens with zero attached hydrogens (tertiary/aromatic N) is 1. The van der Waals surface area contributed by atoms with E-state index < -0.39 is 12.1 Å². The van der Waals surface area contributed by atoms with Crippen LogP contribution in [0.5, 0.6) is 0 Å². The smallest absolute Gasteiger partial charge is 0.359 e. The third-order valence-electron chi connectivity index (χ3n) is 4.29. The van der Waals surface area contributed by atoms with Gasteiger partial charge in [-0.1, -0.05) is 94.5 Å². The van der Waals surface area contributed by atoms with Gasteiger partial charge in [-0.3, -0.25) is 4.79 Å². The van der Waals surface area contributed by atoms with Crippen molar-refractivity contribution in [1.82, 2.24) is 4.98 Å². The quantitative estimate of drug-likeness (QED) is 0.333. The number of halogens is 3. The molecule has 1 heterocycles. The summed E-state index contributed by atoms with van der Waals surface area (Å²) >= 11 is 18.0. The van der Waals surface area contributed by atoms with Gasteiger partial charge < -0.3 is 4.74 Å². The highest BCUT2D eigenvalue weighted by atomic mass is 35.5. The number of aryl methyl sites for hydroxylation is 2. The summed E-state index contributed by atoms with van der Waals surface area (Å²) in [6.45, 7) is 3.84. The van der Waals surface area contributed by atoms with Gasteiger partial charge in [0.15, 0.2) is 11.8 Å². The molecule has 7 heteroatoms. The number of carbonyl (C=O) groups excluding carboxylic acids is 2. The highest BCUT2D eigenvalue weighted by Gasteiger charge is 2.29. The Balaban J connectivity index is 1.98. The van der Waals surface area contributed by atoms with E-state index in [0.717, 1.165) is 11.1 Å². The van der Waals surface area contributed by atoms with Crippen LogP contribution in [0.4, 0.5) is 0 Å². The predicted octanol–water partition coefficient (Wildman–Crippen LogP) is 6.44. The first kappa shape index (κ1) is 21.3. The minimum atomic E-state index is -1.17. The van der Waals surface area contributed by atoms with Gasteiger partial charge in [0.05, 0.1) is 15.1 Å². The van der Waals surface area contributed by atoms with Crippen molar-refractivity contribution < 1.29 is 14.3 Å². The Morgan fingerprint density at radius 2 is 1.41 bits per heavy atom. The normalized spacial score (nSPS) is 11.8. The number of hydrogen-bond acceptors (Lipinski definition) is 4. The van der Waals surface area contributed by atoms with Gasteiger partial charge >= 0.3 is 5.97 Å². The van der Waals surface area contributed by atoms with Crippen LogP contribution in [0.2, 0.25) is 15.1 Å². The molecule has 0 spiro atoms. The highest BCUT2D eigenvalue weighted by molar-refractivity contribution is 6.48. The van der Waals surface area contributed by atoms with Crippen LogP contribution in [0, 0.1) is 13.8 Å². The lowest BCUT2D eigenvalue weighted by molar-refractivity contribution is 0.0274. The Hall–Kier alpha value is -2.40. The Labute approximate surface area is 183 Å². The van der Waals surface area contributed by atoms with Crippen molar-refractivity contribution in [3.8, 4) is 0 Å². The second-order valence-corrected chi connectivity index (χ2v) is 7.67. The molecule has 3 aromatic rings. The maximum atomic E-state index is 13.1. The first-order chi connectivity index (χ1) is 13.8. The van der Waals surface area contributed by atoms with Gasteiger partial charge in [0, 0.05) is 17.3 Å². The van der Waals surface area contributed by atoms with E-state index >= 15 is 0 Å². The second-order valence-electron chi connectivity index (χ2n) is 6.51. The third kappa shape index (κ3) is 4.78. The number of pyridine rings is 1. The van der Waals surface area contributed by atoms with Gasteiger partial charge in [-0.2, -0.15) is 0 Å². The van der Waals surface area contributed by atoms with Crippen molar-refractivity contribution in [3.63, 3.8) is 0 Å². The summed E-state index contributed by atoms with van der Waals surface area (Å²) in [7, 11) is 0. The van der Waals surface area contributed by atoms with Gasteiger partial charge in [0.25, 0.3) is 0 Å². The lowest BCUT2D eigenvalue weighted by Crippen LogP contribution is -2.21. The number of rotatable bonds is 5. The summed E-state index contributed by atoms with van der Waals surface area (Å²) in [4.78, 5) is 29.8. The van der Waals surface area contributed by atoms with Crippen molar-refractivity contribution in [2.75, 3.05) is 0 Å². The van der Waals surface area contributed by atoms with E-state index in [1.165, 1.54) is 6.20 Å². The molecule has 0 aliphatic rings. The molecular formula is C22H16Cl3NO3. The molecule has 148 valence electrons. The summed E-state index contributed by atoms with van der Waals surface area (Å²) in [5.41, 5.74) is 2.76. The maximum absolute atomic E-state index is 13.1. The van der Waals surface area contributed by atoms with E-state index in [9.17, 15) is 9.59 Å². The van der Waals surface area contributed by atoms with Crippen LogP contribution >= 0.6 is 34.8 Å². The summed E-state index contributed by atoms with van der Waals surface area (Å²) in [6.07, 6.45) is 0.0350. The van der Waals surface area contributed by atoms with Gasteiger partial charge in [0.1, 0.15) is 0 Å². The molecule has 1 atom stereocenters. The van der Waals surface area contributed by atoms with Crippen molar-refractivity contribution in [3.05, 3.63) is 97.7 Å². The molecule has 1 aromatic heterocycles. The lowest BCUT2D eigenvalue weighted by atomic mass is 9.98. The van der Waals surface area contributed by atoms with Crippen LogP contribution in [0.1, 0.15) is 43.6 Å². The zero-order valence-electron chi connectivity index (χ0n) is 15.6. The fourth-order valence-corrected chi connectivity index (χ4v) is 3.19. The first-order valence-corrected chi connectivity index (χ1v) is 9.79. The molecule has 0 fully saturated rings. The summed E-state index contributed by atoms with van der Waals surface area (Å²) in [6, 6.07) is 14.2. The number of ketones is 1. The average Bonchev–Trinajstić information content (AvgIpc) is 2.71. The molecule has 4 nitrogen and oxygen atoms in total. The monoisotopic (exact) mass is 447 g/mol. The summed E-state index contributed by atoms with van der Waals surface area (Å²) < 4.78 is 5.55. The molecule has 0 saturated heterocycles. The number of aromatic nitrogens is 1. The highest BCUT2D eigenvalue weighted by Crippen LogP contribution is 2.33. The van der Waals surface area contributed by atoms with Crippen LogP contribution in [-0.4, -0.2) is 16.7 Å². The maximum Gasteiger partial charge on any atom is 0.359 e. The molecular weight excluding hydrogens is 433 g/mol. The van der Waals surface area contributed by atoms with Crippen molar-refractivity contribution in [1.29, 1.82) is 0 Å². The van der Waals surface area contributed by atoms with E-state index in [1.807, 2.05) is 38.1 Å². The lowest BCUT2D eigenvalue weighted by Gasteiger charge is -2.18. The molecule has 2 aromatic carbocycles. The van der Waals surface area contributed by atoms with Crippen LogP contribution in [0.3, 0.4) is 0 Å². The molecule has 0 aliphatic heterocycles. The predicted molar refractivity (Wildman–Crippen MR) is 114 cm³/mol. The topological polar surface area (TPSA) is 56.3 Å². The SMILES string of the molecule is Cc1ccc(C(=O)[C@@H](OC(=O)c2ncc(Cl)c(Cl)c2Cl)c2ccc(C)cc2)cc1. The standard InChI is InChI=1S/C22H16Cl3NO3/c1-12-3-7-14(8-4-12)20(27)21(15-9-5-13(2)6-10-15)29-22(28)19-18(25)17(24)16(23)11-26-19/h3-11,21H,1-2H3/t21-/m0/s1. The number of hydrogen-bond donors (Lipinski definition) is 0. The first-order valence-electron chi connectivity index (χ1n) is 8.66. The van der Waals surface area contributed by atoms with E-state index in [0.29, 0.717) is 11.1 Å². The zero-order valence-corrected chi connectivity index (χ0v) is 17.8.